The maximum absolute atomic E-state index is 12.8. The molecule has 1 aliphatic rings. The number of benzene rings is 2. The van der Waals surface area contributed by atoms with Crippen molar-refractivity contribution < 1.29 is 22.8 Å². The van der Waals surface area contributed by atoms with E-state index < -0.39 is 28.3 Å². The average Bonchev–Trinajstić information content (AvgIpc) is 2.83. The van der Waals surface area contributed by atoms with Crippen LogP contribution in [0.2, 0.25) is 0 Å². The molecule has 2 amide bonds. The lowest BCUT2D eigenvalue weighted by atomic mass is 10.2. The van der Waals surface area contributed by atoms with Crippen molar-refractivity contribution in [2.75, 3.05) is 5.32 Å². The van der Waals surface area contributed by atoms with Crippen LogP contribution in [-0.4, -0.2) is 21.4 Å². The monoisotopic (exact) mass is 366 g/mol. The molecule has 1 heterocycles. The van der Waals surface area contributed by atoms with Gasteiger partial charge in [0.2, 0.25) is 0 Å². The minimum absolute atomic E-state index is 0.131. The maximum Gasteiger partial charge on any atom is 0.416 e. The summed E-state index contributed by atoms with van der Waals surface area (Å²) in [5.74, 6) is -0.476. The molecule has 3 rings (SSSR count). The number of nitrogens with zero attached hydrogens (tertiary/aromatic N) is 1. The Morgan fingerprint density at radius 2 is 1.76 bits per heavy atom. The molecular formula is C17H13F3N2O2S. The SMILES string of the molecule is O=C1SC(Nc2cccc(C(F)(F)F)c2)C(=O)N1Cc1ccccc1. The first kappa shape index (κ1) is 17.3. The van der Waals surface area contributed by atoms with Gasteiger partial charge in [-0.2, -0.15) is 13.2 Å². The Morgan fingerprint density at radius 1 is 1.04 bits per heavy atom. The average molecular weight is 366 g/mol. The molecule has 130 valence electrons. The Morgan fingerprint density at radius 3 is 2.44 bits per heavy atom. The number of carbonyl (C=O) groups is 2. The number of thioether (sulfide) groups is 1. The molecule has 1 N–H and O–H groups in total. The molecule has 1 fully saturated rings. The van der Waals surface area contributed by atoms with Gasteiger partial charge in [-0.1, -0.05) is 36.4 Å². The standard InChI is InChI=1S/C17H13F3N2O2S/c18-17(19,20)12-7-4-8-13(9-12)21-14-15(23)22(16(24)25-14)10-11-5-2-1-3-6-11/h1-9,14,21H,10H2. The predicted octanol–water partition coefficient (Wildman–Crippen LogP) is 4.34. The molecule has 0 spiro atoms. The Bertz CT molecular complexity index is 796. The van der Waals surface area contributed by atoms with E-state index in [-0.39, 0.29) is 12.2 Å². The molecule has 0 saturated carbocycles. The van der Waals surface area contributed by atoms with Gasteiger partial charge < -0.3 is 5.32 Å². The zero-order valence-electron chi connectivity index (χ0n) is 12.8. The van der Waals surface area contributed by atoms with Crippen LogP contribution in [0.25, 0.3) is 0 Å². The quantitative estimate of drug-likeness (QED) is 0.875. The summed E-state index contributed by atoms with van der Waals surface area (Å²) in [6.07, 6.45) is -4.47. The lowest BCUT2D eigenvalue weighted by Gasteiger charge is -2.15. The minimum Gasteiger partial charge on any atom is -0.365 e. The van der Waals surface area contributed by atoms with E-state index in [0.29, 0.717) is 0 Å². The predicted molar refractivity (Wildman–Crippen MR) is 88.8 cm³/mol. The molecule has 4 nitrogen and oxygen atoms in total. The van der Waals surface area contributed by atoms with Gasteiger partial charge in [0.25, 0.3) is 11.1 Å². The Labute approximate surface area is 146 Å². The van der Waals surface area contributed by atoms with Crippen LogP contribution < -0.4 is 5.32 Å². The molecule has 0 aromatic heterocycles. The molecule has 0 aliphatic carbocycles. The number of hydrogen-bond acceptors (Lipinski definition) is 4. The highest BCUT2D eigenvalue weighted by Gasteiger charge is 2.40. The second-order valence-electron chi connectivity index (χ2n) is 5.40. The summed E-state index contributed by atoms with van der Waals surface area (Å²) in [6, 6.07) is 13.5. The highest BCUT2D eigenvalue weighted by molar-refractivity contribution is 8.15. The van der Waals surface area contributed by atoms with Gasteiger partial charge in [-0.3, -0.25) is 14.5 Å². The first-order valence-corrected chi connectivity index (χ1v) is 8.22. The zero-order chi connectivity index (χ0) is 18.0. The molecule has 8 heteroatoms. The molecule has 1 saturated heterocycles. The number of alkyl halides is 3. The normalized spacial score (nSPS) is 17.9. The Hall–Kier alpha value is -2.48. The highest BCUT2D eigenvalue weighted by atomic mass is 32.2. The largest absolute Gasteiger partial charge is 0.416 e. The van der Waals surface area contributed by atoms with Crippen LogP contribution >= 0.6 is 11.8 Å². The summed E-state index contributed by atoms with van der Waals surface area (Å²) in [4.78, 5) is 25.6. The minimum atomic E-state index is -4.47. The van der Waals surface area contributed by atoms with E-state index in [4.69, 9.17) is 0 Å². The van der Waals surface area contributed by atoms with E-state index in [0.717, 1.165) is 34.4 Å². The fourth-order valence-electron chi connectivity index (χ4n) is 2.38. The van der Waals surface area contributed by atoms with Crippen molar-refractivity contribution in [2.45, 2.75) is 18.1 Å². The van der Waals surface area contributed by atoms with Gasteiger partial charge in [0.05, 0.1) is 12.1 Å². The second kappa shape index (κ2) is 6.79. The summed E-state index contributed by atoms with van der Waals surface area (Å²) in [5.41, 5.74) is 0.111. The zero-order valence-corrected chi connectivity index (χ0v) is 13.6. The molecular weight excluding hydrogens is 353 g/mol. The number of nitrogens with one attached hydrogen (secondary N) is 1. The van der Waals surface area contributed by atoms with Gasteiger partial charge in [0, 0.05) is 5.69 Å². The molecule has 1 aliphatic heterocycles. The van der Waals surface area contributed by atoms with Gasteiger partial charge >= 0.3 is 6.18 Å². The van der Waals surface area contributed by atoms with Crippen LogP contribution in [0.4, 0.5) is 23.7 Å². The van der Waals surface area contributed by atoms with Crippen molar-refractivity contribution in [3.05, 3.63) is 65.7 Å². The van der Waals surface area contributed by atoms with Crippen molar-refractivity contribution >= 4 is 28.6 Å². The molecule has 2 aromatic rings. The first-order valence-electron chi connectivity index (χ1n) is 7.34. The number of carbonyl (C=O) groups excluding carboxylic acids is 2. The van der Waals surface area contributed by atoms with Gasteiger partial charge in [0.1, 0.15) is 0 Å². The van der Waals surface area contributed by atoms with Crippen LogP contribution in [-0.2, 0) is 17.5 Å². The molecule has 0 radical (unpaired) electrons. The van der Waals surface area contributed by atoms with E-state index >= 15 is 0 Å². The Balaban J connectivity index is 1.72. The maximum atomic E-state index is 12.8. The fraction of sp³-hybridized carbons (Fsp3) is 0.176. The molecule has 25 heavy (non-hydrogen) atoms. The van der Waals surface area contributed by atoms with Crippen LogP contribution in [0.1, 0.15) is 11.1 Å². The third kappa shape index (κ3) is 3.96. The van der Waals surface area contributed by atoms with Crippen LogP contribution in [0.15, 0.2) is 54.6 Å². The molecule has 1 unspecified atom stereocenters. The van der Waals surface area contributed by atoms with Crippen molar-refractivity contribution in [2.24, 2.45) is 0 Å². The Kier molecular flexibility index (Phi) is 4.71. The second-order valence-corrected chi connectivity index (χ2v) is 6.45. The summed E-state index contributed by atoms with van der Waals surface area (Å²) in [5, 5.41) is 1.32. The van der Waals surface area contributed by atoms with E-state index in [1.54, 1.807) is 24.3 Å². The lowest BCUT2D eigenvalue weighted by Crippen LogP contribution is -2.33. The summed E-state index contributed by atoms with van der Waals surface area (Å²) in [7, 11) is 0. The first-order chi connectivity index (χ1) is 11.8. The summed E-state index contributed by atoms with van der Waals surface area (Å²) in [6.45, 7) is 0.131. The van der Waals surface area contributed by atoms with E-state index in [1.807, 2.05) is 6.07 Å². The van der Waals surface area contributed by atoms with Gasteiger partial charge in [-0.25, -0.2) is 0 Å². The van der Waals surface area contributed by atoms with Gasteiger partial charge in [-0.05, 0) is 35.5 Å². The third-order valence-electron chi connectivity index (χ3n) is 3.60. The summed E-state index contributed by atoms with van der Waals surface area (Å²) < 4.78 is 38.3. The van der Waals surface area contributed by atoms with Crippen LogP contribution in [0.3, 0.4) is 0 Å². The van der Waals surface area contributed by atoms with Crippen LogP contribution in [0, 0.1) is 0 Å². The lowest BCUT2D eigenvalue weighted by molar-refractivity contribution is -0.137. The molecule has 1 atom stereocenters. The fourth-order valence-corrected chi connectivity index (χ4v) is 3.29. The van der Waals surface area contributed by atoms with Crippen molar-refractivity contribution in [1.29, 1.82) is 0 Å². The number of rotatable bonds is 4. The van der Waals surface area contributed by atoms with Crippen molar-refractivity contribution in [3.8, 4) is 0 Å². The topological polar surface area (TPSA) is 49.4 Å². The van der Waals surface area contributed by atoms with Gasteiger partial charge in [0.15, 0.2) is 5.37 Å². The van der Waals surface area contributed by atoms with E-state index in [1.165, 1.54) is 12.1 Å². The number of anilines is 1. The molecule has 2 aromatic carbocycles. The number of hydrogen-bond donors (Lipinski definition) is 1. The number of imide groups is 1. The van der Waals surface area contributed by atoms with Gasteiger partial charge in [-0.15, -0.1) is 0 Å². The highest BCUT2D eigenvalue weighted by Crippen LogP contribution is 2.33. The molecule has 0 bridgehead atoms. The number of halogens is 3. The number of amides is 2. The third-order valence-corrected chi connectivity index (χ3v) is 4.58. The van der Waals surface area contributed by atoms with Crippen molar-refractivity contribution in [3.63, 3.8) is 0 Å². The smallest absolute Gasteiger partial charge is 0.365 e. The van der Waals surface area contributed by atoms with E-state index in [9.17, 15) is 22.8 Å². The van der Waals surface area contributed by atoms with Crippen LogP contribution in [0.5, 0.6) is 0 Å². The summed E-state index contributed by atoms with van der Waals surface area (Å²) >= 11 is 0.754. The van der Waals surface area contributed by atoms with Crippen molar-refractivity contribution in [1.82, 2.24) is 4.90 Å². The van der Waals surface area contributed by atoms with E-state index in [2.05, 4.69) is 5.32 Å².